The van der Waals surface area contributed by atoms with Gasteiger partial charge in [-0.05, 0) is 12.3 Å². The van der Waals surface area contributed by atoms with E-state index in [2.05, 4.69) is 12.7 Å². The van der Waals surface area contributed by atoms with Gasteiger partial charge in [0.25, 0.3) is 0 Å². The average Bonchev–Trinajstić information content (AvgIpc) is 2.46. The van der Waals surface area contributed by atoms with E-state index in [0.29, 0.717) is 11.7 Å². The first kappa shape index (κ1) is 5.90. The summed E-state index contributed by atoms with van der Waals surface area (Å²) in [7, 11) is 0. The molecular weight excluding hydrogens is 124 g/mol. The van der Waals surface area contributed by atoms with Gasteiger partial charge < -0.3 is 0 Å². The van der Waals surface area contributed by atoms with Crippen molar-refractivity contribution >= 4 is 5.78 Å². The molecule has 2 rings (SSSR count). The Morgan fingerprint density at radius 1 is 1.60 bits per heavy atom. The molecule has 0 N–H and O–H groups in total. The van der Waals surface area contributed by atoms with Crippen LogP contribution in [0.5, 0.6) is 0 Å². The van der Waals surface area contributed by atoms with Crippen molar-refractivity contribution in [2.24, 2.45) is 17.8 Å². The molecule has 1 fully saturated rings. The molecule has 0 aromatic carbocycles. The quantitative estimate of drug-likeness (QED) is 0.497. The van der Waals surface area contributed by atoms with E-state index in [-0.39, 0.29) is 11.8 Å². The number of ketones is 1. The number of Topliss-reactive ketones (excluding diaryl/α,β-unsaturated/α-hetero) is 1. The molecule has 1 saturated carbocycles. The summed E-state index contributed by atoms with van der Waals surface area (Å²) in [5, 5.41) is 0. The lowest BCUT2D eigenvalue weighted by atomic mass is 9.93. The number of hydrogen-bond acceptors (Lipinski definition) is 1. The Morgan fingerprint density at radius 2 is 2.40 bits per heavy atom. The van der Waals surface area contributed by atoms with E-state index in [1.807, 2.05) is 6.08 Å². The van der Waals surface area contributed by atoms with Crippen LogP contribution < -0.4 is 0 Å². The number of allylic oxidation sites excluding steroid dienone is 3. The second kappa shape index (κ2) is 1.82. The number of carbonyl (C=O) groups excluding carboxylic acids is 1. The van der Waals surface area contributed by atoms with E-state index in [4.69, 9.17) is 0 Å². The van der Waals surface area contributed by atoms with Gasteiger partial charge in [-0.25, -0.2) is 0 Å². The molecule has 0 heterocycles. The minimum absolute atomic E-state index is 0.134. The molecule has 1 heteroatoms. The third-order valence-electron chi connectivity index (χ3n) is 2.53. The maximum absolute atomic E-state index is 11.3. The Morgan fingerprint density at radius 3 is 2.80 bits per heavy atom. The Bertz CT molecular complexity index is 215. The standard InChI is InChI=1S/C9H10O/c1-2-8-6-3-4-7(5-6)9(8)10/h2-4,6-8H,1,5H2. The zero-order chi connectivity index (χ0) is 7.14. The second-order valence-corrected chi connectivity index (χ2v) is 3.05. The van der Waals surface area contributed by atoms with Crippen molar-refractivity contribution in [2.75, 3.05) is 0 Å². The molecule has 0 aromatic rings. The van der Waals surface area contributed by atoms with Gasteiger partial charge in [-0.2, -0.15) is 0 Å². The molecule has 0 radical (unpaired) electrons. The lowest BCUT2D eigenvalue weighted by Crippen LogP contribution is -2.15. The molecule has 52 valence electrons. The summed E-state index contributed by atoms with van der Waals surface area (Å²) in [6, 6.07) is 0. The maximum Gasteiger partial charge on any atom is 0.147 e. The average molecular weight is 134 g/mol. The van der Waals surface area contributed by atoms with Crippen LogP contribution in [0.25, 0.3) is 0 Å². The van der Waals surface area contributed by atoms with Gasteiger partial charge in [0.05, 0.1) is 0 Å². The summed E-state index contributed by atoms with van der Waals surface area (Å²) in [6.45, 7) is 3.66. The van der Waals surface area contributed by atoms with E-state index in [1.54, 1.807) is 6.08 Å². The molecule has 2 aliphatic carbocycles. The first-order valence-corrected chi connectivity index (χ1v) is 3.67. The minimum atomic E-state index is 0.134. The van der Waals surface area contributed by atoms with Crippen molar-refractivity contribution in [1.29, 1.82) is 0 Å². The molecule has 3 atom stereocenters. The summed E-state index contributed by atoms with van der Waals surface area (Å²) in [6.07, 6.45) is 7.01. The Labute approximate surface area is 60.4 Å². The van der Waals surface area contributed by atoms with E-state index in [1.165, 1.54) is 0 Å². The lowest BCUT2D eigenvalue weighted by molar-refractivity contribution is -0.122. The van der Waals surface area contributed by atoms with Gasteiger partial charge in [-0.1, -0.05) is 18.2 Å². The van der Waals surface area contributed by atoms with Gasteiger partial charge in [0.15, 0.2) is 0 Å². The fraction of sp³-hybridized carbons (Fsp3) is 0.444. The molecule has 2 aliphatic rings. The molecule has 0 saturated heterocycles. The number of hydrogen-bond donors (Lipinski definition) is 0. The van der Waals surface area contributed by atoms with Crippen LogP contribution in [0, 0.1) is 17.8 Å². The van der Waals surface area contributed by atoms with Crippen molar-refractivity contribution in [3.63, 3.8) is 0 Å². The Balaban J connectivity index is 2.33. The van der Waals surface area contributed by atoms with Crippen LogP contribution >= 0.6 is 0 Å². The largest absolute Gasteiger partial charge is 0.298 e. The third-order valence-corrected chi connectivity index (χ3v) is 2.53. The van der Waals surface area contributed by atoms with Crippen LogP contribution in [0.15, 0.2) is 24.8 Å². The van der Waals surface area contributed by atoms with E-state index >= 15 is 0 Å². The lowest BCUT2D eigenvalue weighted by Gasteiger charge is -2.10. The van der Waals surface area contributed by atoms with Gasteiger partial charge in [0.1, 0.15) is 5.78 Å². The molecule has 0 amide bonds. The van der Waals surface area contributed by atoms with Crippen LogP contribution in [0.2, 0.25) is 0 Å². The highest BCUT2D eigenvalue weighted by Crippen LogP contribution is 2.40. The van der Waals surface area contributed by atoms with Crippen molar-refractivity contribution in [2.45, 2.75) is 6.42 Å². The molecule has 3 unspecified atom stereocenters. The van der Waals surface area contributed by atoms with Crippen LogP contribution in [-0.4, -0.2) is 5.78 Å². The first-order chi connectivity index (χ1) is 4.83. The summed E-state index contributed by atoms with van der Waals surface area (Å²) in [5.41, 5.74) is 0. The van der Waals surface area contributed by atoms with E-state index in [9.17, 15) is 4.79 Å². The SMILES string of the molecule is C=CC1C(=O)C2C=CC1C2. The summed E-state index contributed by atoms with van der Waals surface area (Å²) in [4.78, 5) is 11.3. The molecule has 0 aliphatic heterocycles. The first-order valence-electron chi connectivity index (χ1n) is 3.67. The van der Waals surface area contributed by atoms with Gasteiger partial charge in [-0.3, -0.25) is 4.79 Å². The Kier molecular flexibility index (Phi) is 1.07. The van der Waals surface area contributed by atoms with Crippen molar-refractivity contribution < 1.29 is 4.79 Å². The highest BCUT2D eigenvalue weighted by molar-refractivity contribution is 5.90. The van der Waals surface area contributed by atoms with Crippen LogP contribution in [-0.2, 0) is 4.79 Å². The van der Waals surface area contributed by atoms with Crippen molar-refractivity contribution in [3.8, 4) is 0 Å². The molecular formula is C9H10O. The van der Waals surface area contributed by atoms with Gasteiger partial charge >= 0.3 is 0 Å². The monoisotopic (exact) mass is 134 g/mol. The normalized spacial score (nSPS) is 42.8. The highest BCUT2D eigenvalue weighted by Gasteiger charge is 2.41. The topological polar surface area (TPSA) is 17.1 Å². The predicted octanol–water partition coefficient (Wildman–Crippen LogP) is 1.56. The molecule has 1 nitrogen and oxygen atoms in total. The predicted molar refractivity (Wildman–Crippen MR) is 39.4 cm³/mol. The fourth-order valence-electron chi connectivity index (χ4n) is 1.95. The number of carbonyl (C=O) groups is 1. The smallest absolute Gasteiger partial charge is 0.147 e. The van der Waals surface area contributed by atoms with Gasteiger partial charge in [-0.15, -0.1) is 6.58 Å². The summed E-state index contributed by atoms with van der Waals surface area (Å²) >= 11 is 0. The maximum atomic E-state index is 11.3. The van der Waals surface area contributed by atoms with Crippen LogP contribution in [0.3, 0.4) is 0 Å². The zero-order valence-corrected chi connectivity index (χ0v) is 5.79. The fourth-order valence-corrected chi connectivity index (χ4v) is 1.95. The zero-order valence-electron chi connectivity index (χ0n) is 5.79. The van der Waals surface area contributed by atoms with Gasteiger partial charge in [0, 0.05) is 11.8 Å². The Hall–Kier alpha value is -0.850. The number of rotatable bonds is 1. The second-order valence-electron chi connectivity index (χ2n) is 3.05. The van der Waals surface area contributed by atoms with Crippen LogP contribution in [0.1, 0.15) is 6.42 Å². The van der Waals surface area contributed by atoms with Crippen molar-refractivity contribution in [1.82, 2.24) is 0 Å². The molecule has 2 bridgehead atoms. The summed E-state index contributed by atoms with van der Waals surface area (Å²) < 4.78 is 0. The summed E-state index contributed by atoms with van der Waals surface area (Å²) in [5.74, 6) is 1.22. The number of fused-ring (bicyclic) bond motifs is 2. The highest BCUT2D eigenvalue weighted by atomic mass is 16.1. The van der Waals surface area contributed by atoms with Crippen LogP contribution in [0.4, 0.5) is 0 Å². The van der Waals surface area contributed by atoms with Crippen molar-refractivity contribution in [3.05, 3.63) is 24.8 Å². The van der Waals surface area contributed by atoms with Gasteiger partial charge in [0.2, 0.25) is 0 Å². The molecule has 10 heavy (non-hydrogen) atoms. The molecule has 0 aromatic heterocycles. The third kappa shape index (κ3) is 0.551. The molecule has 0 spiro atoms. The van der Waals surface area contributed by atoms with E-state index < -0.39 is 0 Å². The minimum Gasteiger partial charge on any atom is -0.298 e. The van der Waals surface area contributed by atoms with E-state index in [0.717, 1.165) is 6.42 Å².